The molecule has 4 N–H and O–H groups in total. The van der Waals surface area contributed by atoms with Crippen LogP contribution >= 0.6 is 0 Å². The van der Waals surface area contributed by atoms with Crippen molar-refractivity contribution in [1.82, 2.24) is 9.78 Å². The van der Waals surface area contributed by atoms with Crippen LogP contribution in [0.25, 0.3) is 0 Å². The minimum absolute atomic E-state index is 0.430. The number of rotatable bonds is 4. The molecule has 100 valence electrons. The van der Waals surface area contributed by atoms with Gasteiger partial charge in [-0.15, -0.1) is 0 Å². The van der Waals surface area contributed by atoms with Crippen LogP contribution in [0.2, 0.25) is 0 Å². The number of carbonyl (C=O) groups is 1. The number of aryl methyl sites for hydroxylation is 2. The van der Waals surface area contributed by atoms with E-state index in [4.69, 9.17) is 16.2 Å². The molecule has 0 aliphatic rings. The lowest BCUT2D eigenvalue weighted by Crippen LogP contribution is -2.10. The summed E-state index contributed by atoms with van der Waals surface area (Å²) in [5.74, 6) is 0.589. The van der Waals surface area contributed by atoms with Gasteiger partial charge < -0.3 is 16.2 Å². The van der Waals surface area contributed by atoms with E-state index in [0.29, 0.717) is 22.9 Å². The van der Waals surface area contributed by atoms with Crippen LogP contribution in [0.4, 0.5) is 5.69 Å². The Morgan fingerprint density at radius 1 is 1.37 bits per heavy atom. The monoisotopic (exact) mass is 260 g/mol. The molecular formula is C13H16N4O2. The number of amides is 1. The van der Waals surface area contributed by atoms with Crippen molar-refractivity contribution >= 4 is 11.6 Å². The van der Waals surface area contributed by atoms with Crippen LogP contribution in [0, 0.1) is 0 Å². The normalized spacial score (nSPS) is 10.4. The fraction of sp³-hybridized carbons (Fsp3) is 0.231. The number of benzene rings is 1. The molecule has 0 saturated heterocycles. The van der Waals surface area contributed by atoms with Crippen molar-refractivity contribution in [3.63, 3.8) is 0 Å². The minimum atomic E-state index is -0.472. The highest BCUT2D eigenvalue weighted by Gasteiger charge is 2.14. The molecule has 0 spiro atoms. The van der Waals surface area contributed by atoms with E-state index in [2.05, 4.69) is 5.10 Å². The van der Waals surface area contributed by atoms with Crippen LogP contribution in [-0.2, 0) is 13.5 Å². The first-order valence-electron chi connectivity index (χ1n) is 5.92. The van der Waals surface area contributed by atoms with Crippen molar-refractivity contribution in [3.05, 3.63) is 35.5 Å². The summed E-state index contributed by atoms with van der Waals surface area (Å²) in [6.07, 6.45) is 0.740. The number of carbonyl (C=O) groups excluding carboxylic acids is 1. The van der Waals surface area contributed by atoms with Crippen molar-refractivity contribution < 1.29 is 9.53 Å². The highest BCUT2D eigenvalue weighted by molar-refractivity contribution is 5.92. The molecule has 0 aliphatic carbocycles. The van der Waals surface area contributed by atoms with Gasteiger partial charge in [0.15, 0.2) is 0 Å². The van der Waals surface area contributed by atoms with Crippen LogP contribution in [0.15, 0.2) is 24.3 Å². The van der Waals surface area contributed by atoms with Gasteiger partial charge in [0.05, 0.1) is 5.69 Å². The second kappa shape index (κ2) is 5.01. The summed E-state index contributed by atoms with van der Waals surface area (Å²) in [5, 5.41) is 4.26. The van der Waals surface area contributed by atoms with Gasteiger partial charge in [0.1, 0.15) is 11.4 Å². The van der Waals surface area contributed by atoms with Gasteiger partial charge in [-0.05, 0) is 30.7 Å². The maximum atomic E-state index is 11.0. The molecule has 2 aromatic rings. The van der Waals surface area contributed by atoms with Gasteiger partial charge in [-0.25, -0.2) is 4.68 Å². The Balaban J connectivity index is 2.26. The van der Waals surface area contributed by atoms with Crippen LogP contribution in [0.5, 0.6) is 11.6 Å². The molecule has 0 unspecified atom stereocenters. The molecule has 0 fully saturated rings. The summed E-state index contributed by atoms with van der Waals surface area (Å²) in [4.78, 5) is 11.0. The molecule has 19 heavy (non-hydrogen) atoms. The Morgan fingerprint density at radius 3 is 2.47 bits per heavy atom. The van der Waals surface area contributed by atoms with E-state index < -0.39 is 5.91 Å². The largest absolute Gasteiger partial charge is 0.437 e. The Labute approximate surface area is 111 Å². The molecule has 1 heterocycles. The second-order valence-corrected chi connectivity index (χ2v) is 4.13. The fourth-order valence-electron chi connectivity index (χ4n) is 1.76. The SMILES string of the molecule is CCc1nn(C)c(Oc2ccc(C(N)=O)cc2)c1N. The molecule has 0 aliphatic heterocycles. The maximum absolute atomic E-state index is 11.0. The first-order chi connectivity index (χ1) is 9.02. The smallest absolute Gasteiger partial charge is 0.248 e. The predicted molar refractivity (Wildman–Crippen MR) is 72.0 cm³/mol. The van der Waals surface area contributed by atoms with Gasteiger partial charge in [-0.3, -0.25) is 4.79 Å². The van der Waals surface area contributed by atoms with Crippen molar-refractivity contribution in [1.29, 1.82) is 0 Å². The van der Waals surface area contributed by atoms with Crippen LogP contribution in [-0.4, -0.2) is 15.7 Å². The van der Waals surface area contributed by atoms with Gasteiger partial charge >= 0.3 is 0 Å². The number of ether oxygens (including phenoxy) is 1. The number of anilines is 1. The van der Waals surface area contributed by atoms with Crippen LogP contribution in [0.3, 0.4) is 0 Å². The van der Waals surface area contributed by atoms with Crippen molar-refractivity contribution in [2.75, 3.05) is 5.73 Å². The number of hydrogen-bond acceptors (Lipinski definition) is 4. The fourth-order valence-corrected chi connectivity index (χ4v) is 1.76. The van der Waals surface area contributed by atoms with Crippen molar-refractivity contribution in [3.8, 4) is 11.6 Å². The number of aromatic nitrogens is 2. The average Bonchev–Trinajstić information content (AvgIpc) is 2.67. The van der Waals surface area contributed by atoms with E-state index in [-0.39, 0.29) is 0 Å². The summed E-state index contributed by atoms with van der Waals surface area (Å²) < 4.78 is 7.27. The molecule has 0 bridgehead atoms. The molecule has 0 radical (unpaired) electrons. The van der Waals surface area contributed by atoms with Gasteiger partial charge in [-0.2, -0.15) is 5.10 Å². The minimum Gasteiger partial charge on any atom is -0.437 e. The molecule has 6 heteroatoms. The molecular weight excluding hydrogens is 244 g/mol. The van der Waals surface area contributed by atoms with E-state index >= 15 is 0 Å². The topological polar surface area (TPSA) is 96.2 Å². The van der Waals surface area contributed by atoms with E-state index in [1.54, 1.807) is 36.0 Å². The summed E-state index contributed by atoms with van der Waals surface area (Å²) in [5.41, 5.74) is 12.9. The third-order valence-corrected chi connectivity index (χ3v) is 2.79. The van der Waals surface area contributed by atoms with Crippen molar-refractivity contribution in [2.45, 2.75) is 13.3 Å². The first kappa shape index (κ1) is 12.9. The van der Waals surface area contributed by atoms with Gasteiger partial charge in [0, 0.05) is 12.6 Å². The maximum Gasteiger partial charge on any atom is 0.248 e. The number of nitrogens with zero attached hydrogens (tertiary/aromatic N) is 2. The summed E-state index contributed by atoms with van der Waals surface area (Å²) in [6.45, 7) is 1.98. The highest BCUT2D eigenvalue weighted by atomic mass is 16.5. The standard InChI is InChI=1S/C13H16N4O2/c1-3-10-11(14)13(17(2)16-10)19-9-6-4-8(5-7-9)12(15)18/h4-7H,3,14H2,1-2H3,(H2,15,18). The average molecular weight is 260 g/mol. The van der Waals surface area contributed by atoms with Gasteiger partial charge in [0.25, 0.3) is 0 Å². The van der Waals surface area contributed by atoms with Gasteiger partial charge in [-0.1, -0.05) is 6.92 Å². The van der Waals surface area contributed by atoms with E-state index in [1.165, 1.54) is 0 Å². The Bertz CT molecular complexity index is 602. The molecule has 2 rings (SSSR count). The first-order valence-corrected chi connectivity index (χ1v) is 5.92. The lowest BCUT2D eigenvalue weighted by Gasteiger charge is -2.07. The number of nitrogens with two attached hydrogens (primary N) is 2. The third kappa shape index (κ3) is 2.52. The number of nitrogen functional groups attached to an aromatic ring is 1. The Morgan fingerprint density at radius 2 is 2.00 bits per heavy atom. The lowest BCUT2D eigenvalue weighted by atomic mass is 10.2. The Kier molecular flexibility index (Phi) is 3.41. The molecule has 0 atom stereocenters. The van der Waals surface area contributed by atoms with E-state index in [0.717, 1.165) is 12.1 Å². The van der Waals surface area contributed by atoms with E-state index in [1.807, 2.05) is 6.92 Å². The molecule has 1 aromatic carbocycles. The quantitative estimate of drug-likeness (QED) is 0.869. The summed E-state index contributed by atoms with van der Waals surface area (Å²) in [7, 11) is 1.77. The summed E-state index contributed by atoms with van der Waals surface area (Å²) >= 11 is 0. The predicted octanol–water partition coefficient (Wildman–Crippen LogP) is 1.46. The Hall–Kier alpha value is -2.50. The number of hydrogen-bond donors (Lipinski definition) is 2. The highest BCUT2D eigenvalue weighted by Crippen LogP contribution is 2.29. The zero-order valence-corrected chi connectivity index (χ0v) is 10.9. The molecule has 0 saturated carbocycles. The van der Waals surface area contributed by atoms with E-state index in [9.17, 15) is 4.79 Å². The molecule has 1 aromatic heterocycles. The zero-order valence-electron chi connectivity index (χ0n) is 10.9. The third-order valence-electron chi connectivity index (χ3n) is 2.79. The number of primary amides is 1. The van der Waals surface area contributed by atoms with Gasteiger partial charge in [0.2, 0.25) is 11.8 Å². The lowest BCUT2D eigenvalue weighted by molar-refractivity contribution is 0.100. The molecule has 6 nitrogen and oxygen atoms in total. The summed E-state index contributed by atoms with van der Waals surface area (Å²) in [6, 6.07) is 6.53. The molecule has 1 amide bonds. The zero-order chi connectivity index (χ0) is 14.0. The van der Waals surface area contributed by atoms with Crippen LogP contribution < -0.4 is 16.2 Å². The van der Waals surface area contributed by atoms with Crippen LogP contribution in [0.1, 0.15) is 23.0 Å². The van der Waals surface area contributed by atoms with Crippen molar-refractivity contribution in [2.24, 2.45) is 12.8 Å². The second-order valence-electron chi connectivity index (χ2n) is 4.13.